The molecule has 3 aliphatic heterocycles. The summed E-state index contributed by atoms with van der Waals surface area (Å²) >= 11 is 0. The number of ether oxygens (including phenoxy) is 3. The zero-order chi connectivity index (χ0) is 42.6. The zero-order valence-electron chi connectivity index (χ0n) is 34.8. The van der Waals surface area contributed by atoms with Gasteiger partial charge in [0.15, 0.2) is 0 Å². The third-order valence-electron chi connectivity index (χ3n) is 9.55. The van der Waals surface area contributed by atoms with E-state index in [9.17, 15) is 44.1 Å². The maximum Gasteiger partial charge on any atom is 0.410 e. The lowest BCUT2D eigenvalue weighted by atomic mass is 9.93. The molecule has 0 aromatic heterocycles. The fourth-order valence-corrected chi connectivity index (χ4v) is 6.57. The Labute approximate surface area is 334 Å². The first-order valence-corrected chi connectivity index (χ1v) is 19.4. The molecule has 0 unspecified atom stereocenters. The molecule has 1 aromatic rings. The van der Waals surface area contributed by atoms with Crippen molar-refractivity contribution in [3.8, 4) is 17.2 Å². The summed E-state index contributed by atoms with van der Waals surface area (Å²) in [6.45, 7) is 17.8. The molecule has 0 saturated carbocycles. The molecule has 3 N–H and O–H groups in total. The van der Waals surface area contributed by atoms with Gasteiger partial charge in [0.2, 0.25) is 17.7 Å². The van der Waals surface area contributed by atoms with Gasteiger partial charge in [0.25, 0.3) is 0 Å². The fourth-order valence-electron chi connectivity index (χ4n) is 6.57. The third-order valence-corrected chi connectivity index (χ3v) is 9.55. The Hall–Kier alpha value is -5.16. The molecule has 3 aliphatic rings. The number of rotatable bonds is 6. The van der Waals surface area contributed by atoms with Crippen molar-refractivity contribution in [1.29, 1.82) is 0 Å². The van der Waals surface area contributed by atoms with Crippen LogP contribution in [0.4, 0.5) is 14.4 Å². The average Bonchev–Trinajstić information content (AvgIpc) is 3.11. The highest BCUT2D eigenvalue weighted by Gasteiger charge is 2.35. The molecule has 6 amide bonds. The van der Waals surface area contributed by atoms with Gasteiger partial charge in [0.05, 0.1) is 19.3 Å². The Morgan fingerprint density at radius 1 is 0.386 bits per heavy atom. The number of phenolic OH excluding ortho intramolecular Hbond substituents is 3. The van der Waals surface area contributed by atoms with Crippen molar-refractivity contribution in [1.82, 2.24) is 29.4 Å². The van der Waals surface area contributed by atoms with Gasteiger partial charge >= 0.3 is 18.3 Å². The Morgan fingerprint density at radius 3 is 0.737 bits per heavy atom. The van der Waals surface area contributed by atoms with Crippen LogP contribution in [0, 0.1) is 0 Å². The number of carbonyl (C=O) groups excluding carboxylic acids is 6. The van der Waals surface area contributed by atoms with E-state index in [-0.39, 0.29) is 95.2 Å². The van der Waals surface area contributed by atoms with Gasteiger partial charge in [-0.25, -0.2) is 14.4 Å². The molecule has 18 nitrogen and oxygen atoms in total. The largest absolute Gasteiger partial charge is 0.507 e. The van der Waals surface area contributed by atoms with Gasteiger partial charge in [0.1, 0.15) is 34.1 Å². The maximum atomic E-state index is 13.6. The van der Waals surface area contributed by atoms with Gasteiger partial charge in [-0.1, -0.05) is 0 Å². The SMILES string of the molecule is CC(C)(C)OC(=O)N1CCN(C(=O)Cc2c(O)c(CC(=O)N3CCN(C(=O)OC(C)(C)C)CC3)c(O)c(CC(=O)N3CCN(C(=O)OC(C)(C)C)CC3)c2O)CC1. The van der Waals surface area contributed by atoms with Crippen LogP contribution in [0.1, 0.15) is 79.0 Å². The van der Waals surface area contributed by atoms with Crippen LogP contribution in [0.15, 0.2) is 0 Å². The molecule has 0 radical (unpaired) electrons. The molecule has 3 fully saturated rings. The molecular formula is C39H60N6O12. The number of phenols is 3. The van der Waals surface area contributed by atoms with Crippen molar-refractivity contribution in [2.24, 2.45) is 0 Å². The average molecular weight is 805 g/mol. The first kappa shape index (κ1) is 44.6. The molecule has 0 aliphatic carbocycles. The predicted molar refractivity (Wildman–Crippen MR) is 206 cm³/mol. The van der Waals surface area contributed by atoms with Crippen LogP contribution in [-0.2, 0) is 47.9 Å². The number of aromatic hydroxyl groups is 3. The number of amides is 6. The van der Waals surface area contributed by atoms with Crippen LogP contribution in [-0.4, -0.2) is 176 Å². The lowest BCUT2D eigenvalue weighted by molar-refractivity contribution is -0.132. The van der Waals surface area contributed by atoms with Gasteiger partial charge in [-0.3, -0.25) is 14.4 Å². The normalized spacial score (nSPS) is 17.0. The van der Waals surface area contributed by atoms with E-state index in [1.165, 1.54) is 29.4 Å². The van der Waals surface area contributed by atoms with Crippen molar-refractivity contribution in [3.05, 3.63) is 16.7 Å². The van der Waals surface area contributed by atoms with Gasteiger partial charge in [0, 0.05) is 95.2 Å². The minimum absolute atomic E-state index is 0.152. The summed E-state index contributed by atoms with van der Waals surface area (Å²) in [5.41, 5.74) is -2.87. The second kappa shape index (κ2) is 17.5. The Balaban J connectivity index is 1.54. The highest BCUT2D eigenvalue weighted by molar-refractivity contribution is 5.87. The minimum atomic E-state index is -0.695. The quantitative estimate of drug-likeness (QED) is 0.355. The molecule has 3 heterocycles. The number of nitrogens with zero attached hydrogens (tertiary/aromatic N) is 6. The highest BCUT2D eigenvalue weighted by atomic mass is 16.6. The van der Waals surface area contributed by atoms with Crippen LogP contribution < -0.4 is 0 Å². The highest BCUT2D eigenvalue weighted by Crippen LogP contribution is 2.43. The van der Waals surface area contributed by atoms with Gasteiger partial charge in [-0.2, -0.15) is 0 Å². The van der Waals surface area contributed by atoms with Gasteiger partial charge in [-0.05, 0) is 62.3 Å². The van der Waals surface area contributed by atoms with Gasteiger partial charge < -0.3 is 58.9 Å². The fraction of sp³-hybridized carbons (Fsp3) is 0.692. The number of piperazine rings is 3. The lowest BCUT2D eigenvalue weighted by Crippen LogP contribution is -2.52. The van der Waals surface area contributed by atoms with Crippen molar-refractivity contribution in [2.75, 3.05) is 78.5 Å². The summed E-state index contributed by atoms with van der Waals surface area (Å²) in [6.07, 6.45) is -3.12. The molecule has 4 rings (SSSR count). The number of hydrogen-bond acceptors (Lipinski definition) is 12. The van der Waals surface area contributed by atoms with E-state index in [1.807, 2.05) is 0 Å². The van der Waals surface area contributed by atoms with Crippen LogP contribution in [0.2, 0.25) is 0 Å². The van der Waals surface area contributed by atoms with Crippen LogP contribution in [0.3, 0.4) is 0 Å². The lowest BCUT2D eigenvalue weighted by Gasteiger charge is -2.36. The second-order valence-corrected chi connectivity index (χ2v) is 17.6. The first-order valence-electron chi connectivity index (χ1n) is 19.4. The van der Waals surface area contributed by atoms with E-state index in [0.717, 1.165) is 0 Å². The third kappa shape index (κ3) is 12.2. The van der Waals surface area contributed by atoms with Crippen molar-refractivity contribution < 1.29 is 58.3 Å². The Morgan fingerprint density at radius 2 is 0.561 bits per heavy atom. The second-order valence-electron chi connectivity index (χ2n) is 17.6. The van der Waals surface area contributed by atoms with Crippen LogP contribution in [0.5, 0.6) is 17.2 Å². The summed E-state index contributed by atoms with van der Waals surface area (Å²) in [7, 11) is 0. The standard InChI is InChI=1S/C39H60N6O12/c1-37(2,3)55-34(52)43-16-10-40(11-17-43)28(46)22-25-31(49)26(23-29(47)41-12-18-44(19-13-41)35(53)56-38(4,5)6)33(51)27(32(25)50)24-30(48)42-14-20-45(21-15-42)36(54)57-39(7,8)9/h49-51H,10-24H2,1-9H3. The Kier molecular flexibility index (Phi) is 13.7. The van der Waals surface area contributed by atoms with Crippen molar-refractivity contribution in [3.63, 3.8) is 0 Å². The predicted octanol–water partition coefficient (Wildman–Crippen LogP) is 2.67. The van der Waals surface area contributed by atoms with E-state index < -0.39 is 89.3 Å². The monoisotopic (exact) mass is 804 g/mol. The summed E-state index contributed by atoms with van der Waals surface area (Å²) in [4.78, 5) is 87.5. The number of carbonyl (C=O) groups is 6. The zero-order valence-corrected chi connectivity index (χ0v) is 34.8. The molecule has 0 bridgehead atoms. The molecule has 0 atom stereocenters. The molecule has 57 heavy (non-hydrogen) atoms. The Bertz CT molecular complexity index is 1470. The van der Waals surface area contributed by atoms with Crippen molar-refractivity contribution in [2.45, 2.75) is 98.4 Å². The van der Waals surface area contributed by atoms with E-state index in [2.05, 4.69) is 0 Å². The van der Waals surface area contributed by atoms with E-state index in [1.54, 1.807) is 62.3 Å². The molecule has 318 valence electrons. The summed E-state index contributed by atoms with van der Waals surface area (Å²) in [5, 5.41) is 34.5. The van der Waals surface area contributed by atoms with Gasteiger partial charge in [-0.15, -0.1) is 0 Å². The molecule has 1 aromatic carbocycles. The van der Waals surface area contributed by atoms with E-state index >= 15 is 0 Å². The van der Waals surface area contributed by atoms with E-state index in [4.69, 9.17) is 14.2 Å². The minimum Gasteiger partial charge on any atom is -0.507 e. The topological polar surface area (TPSA) is 210 Å². The van der Waals surface area contributed by atoms with Crippen LogP contribution >= 0.6 is 0 Å². The van der Waals surface area contributed by atoms with Crippen LogP contribution in [0.25, 0.3) is 0 Å². The number of benzene rings is 1. The summed E-state index contributed by atoms with van der Waals surface area (Å²) < 4.78 is 16.3. The molecular weight excluding hydrogens is 744 g/mol. The smallest absolute Gasteiger partial charge is 0.410 e. The van der Waals surface area contributed by atoms with E-state index in [0.29, 0.717) is 0 Å². The number of hydrogen-bond donors (Lipinski definition) is 3. The first-order chi connectivity index (χ1) is 26.3. The molecule has 0 spiro atoms. The van der Waals surface area contributed by atoms with Crippen molar-refractivity contribution >= 4 is 36.0 Å². The molecule has 18 heteroatoms. The summed E-state index contributed by atoms with van der Waals surface area (Å²) in [6, 6.07) is 0. The summed E-state index contributed by atoms with van der Waals surface area (Å²) in [5.74, 6) is -3.47. The molecule has 3 saturated heterocycles. The maximum absolute atomic E-state index is 13.6.